The molecule has 2 amide bonds. The highest BCUT2D eigenvalue weighted by Gasteiger charge is 2.18. The zero-order valence-electron chi connectivity index (χ0n) is 24.4. The van der Waals surface area contributed by atoms with Gasteiger partial charge in [0.1, 0.15) is 5.60 Å². The largest absolute Gasteiger partial charge is 0.444 e. The van der Waals surface area contributed by atoms with Gasteiger partial charge in [-0.2, -0.15) is 0 Å². The Morgan fingerprint density at radius 2 is 1.48 bits per heavy atom. The minimum atomic E-state index is -3.93. The normalized spacial score (nSPS) is 12.1. The second-order valence-corrected chi connectivity index (χ2v) is 14.3. The van der Waals surface area contributed by atoms with Gasteiger partial charge in [0.25, 0.3) is 10.0 Å². The molecule has 4 rings (SSSR count). The molecule has 0 aliphatic heterocycles. The van der Waals surface area contributed by atoms with Gasteiger partial charge in [-0.3, -0.25) is 14.8 Å². The first-order chi connectivity index (χ1) is 20.6. The first kappa shape index (κ1) is 32.0. The van der Waals surface area contributed by atoms with Crippen LogP contribution in [0, 0.1) is 0 Å². The van der Waals surface area contributed by atoms with E-state index in [9.17, 15) is 26.4 Å². The molecular formula is C31H32N4O7S2. The Kier molecular flexibility index (Phi) is 9.30. The van der Waals surface area contributed by atoms with Gasteiger partial charge in [0.2, 0.25) is 15.9 Å². The number of hydrogen-bond acceptors (Lipinski definition) is 7. The number of ether oxygens (including phenoxy) is 1. The third-order valence-corrected chi connectivity index (χ3v) is 8.12. The van der Waals surface area contributed by atoms with Crippen molar-refractivity contribution >= 4 is 55.2 Å². The van der Waals surface area contributed by atoms with Crippen LogP contribution in [0.5, 0.6) is 0 Å². The second-order valence-electron chi connectivity index (χ2n) is 10.8. The number of para-hydroxylation sites is 2. The highest BCUT2D eigenvalue weighted by molar-refractivity contribution is 7.92. The van der Waals surface area contributed by atoms with E-state index in [4.69, 9.17) is 4.74 Å². The molecular weight excluding hydrogens is 604 g/mol. The SMILES string of the molecule is CC(C)(C)OC(=O)Nc1ccccc1NC(=O)/C=C/c1ccn(S(=O)(=O)c2ccc(-c3cccc(NS(C)(=O)=O)c3)cc2)c1. The van der Waals surface area contributed by atoms with E-state index in [-0.39, 0.29) is 4.90 Å². The van der Waals surface area contributed by atoms with Crippen LogP contribution in [-0.4, -0.2) is 44.7 Å². The summed E-state index contributed by atoms with van der Waals surface area (Å²) in [6.07, 6.45) is 5.87. The molecule has 0 spiro atoms. The van der Waals surface area contributed by atoms with E-state index in [1.54, 1.807) is 87.5 Å². The molecule has 0 bridgehead atoms. The maximum absolute atomic E-state index is 13.2. The van der Waals surface area contributed by atoms with E-state index < -0.39 is 37.6 Å². The Labute approximate surface area is 256 Å². The molecule has 3 aromatic carbocycles. The number of carbonyl (C=O) groups is 2. The number of amides is 2. The van der Waals surface area contributed by atoms with Crippen LogP contribution in [0.3, 0.4) is 0 Å². The van der Waals surface area contributed by atoms with Gasteiger partial charge in [0.05, 0.1) is 22.5 Å². The third kappa shape index (κ3) is 8.82. The summed E-state index contributed by atoms with van der Waals surface area (Å²) in [5, 5.41) is 5.30. The van der Waals surface area contributed by atoms with Crippen LogP contribution < -0.4 is 15.4 Å². The number of sulfonamides is 1. The van der Waals surface area contributed by atoms with Crippen molar-refractivity contribution in [3.8, 4) is 11.1 Å². The van der Waals surface area contributed by atoms with Gasteiger partial charge >= 0.3 is 6.09 Å². The molecule has 4 aromatic rings. The molecule has 0 saturated carbocycles. The van der Waals surface area contributed by atoms with Crippen molar-refractivity contribution < 1.29 is 31.2 Å². The summed E-state index contributed by atoms with van der Waals surface area (Å²) in [6.45, 7) is 5.22. The van der Waals surface area contributed by atoms with Crippen LogP contribution in [0.1, 0.15) is 26.3 Å². The summed E-state index contributed by atoms with van der Waals surface area (Å²) in [6, 6.07) is 21.1. The maximum atomic E-state index is 13.2. The van der Waals surface area contributed by atoms with E-state index in [1.165, 1.54) is 36.7 Å². The number of aromatic nitrogens is 1. The molecule has 44 heavy (non-hydrogen) atoms. The maximum Gasteiger partial charge on any atom is 0.412 e. The standard InChI is InChI=1S/C31H32N4O7S2/c1-31(2,3)42-30(37)33-28-11-6-5-10-27(28)32-29(36)17-12-22-18-19-35(21-22)44(40,41)26-15-13-23(14-16-26)24-8-7-9-25(20-24)34-43(4,38)39/h5-21,34H,1-4H3,(H,32,36)(H,33,37)/b17-12+. The summed E-state index contributed by atoms with van der Waals surface area (Å²) < 4.78 is 58.3. The molecule has 0 fully saturated rings. The summed E-state index contributed by atoms with van der Waals surface area (Å²) in [7, 11) is -7.37. The zero-order valence-corrected chi connectivity index (χ0v) is 26.1. The minimum Gasteiger partial charge on any atom is -0.444 e. The van der Waals surface area contributed by atoms with Crippen molar-refractivity contribution in [2.75, 3.05) is 21.6 Å². The lowest BCUT2D eigenvalue weighted by Crippen LogP contribution is -2.27. The van der Waals surface area contributed by atoms with Crippen molar-refractivity contribution in [1.82, 2.24) is 3.97 Å². The van der Waals surface area contributed by atoms with Crippen LogP contribution in [0.25, 0.3) is 17.2 Å². The smallest absolute Gasteiger partial charge is 0.412 e. The number of nitrogens with zero attached hydrogens (tertiary/aromatic N) is 1. The Hall–Kier alpha value is -4.88. The fourth-order valence-electron chi connectivity index (χ4n) is 4.02. The lowest BCUT2D eigenvalue weighted by Gasteiger charge is -2.20. The molecule has 230 valence electrons. The van der Waals surface area contributed by atoms with Gasteiger partial charge < -0.3 is 10.1 Å². The lowest BCUT2D eigenvalue weighted by atomic mass is 10.1. The number of rotatable bonds is 9. The monoisotopic (exact) mass is 636 g/mol. The minimum absolute atomic E-state index is 0.0460. The number of benzene rings is 3. The molecule has 11 nitrogen and oxygen atoms in total. The predicted octanol–water partition coefficient (Wildman–Crippen LogP) is 5.76. The van der Waals surface area contributed by atoms with Crippen molar-refractivity contribution in [2.45, 2.75) is 31.3 Å². The van der Waals surface area contributed by atoms with Crippen LogP contribution in [0.4, 0.5) is 21.9 Å². The average Bonchev–Trinajstić information content (AvgIpc) is 3.41. The summed E-state index contributed by atoms with van der Waals surface area (Å²) in [5.74, 6) is -0.495. The molecule has 0 aliphatic rings. The van der Waals surface area contributed by atoms with E-state index >= 15 is 0 Å². The lowest BCUT2D eigenvalue weighted by molar-refractivity contribution is -0.111. The molecule has 0 aliphatic carbocycles. The van der Waals surface area contributed by atoms with E-state index in [0.29, 0.717) is 33.8 Å². The molecule has 0 unspecified atom stereocenters. The van der Waals surface area contributed by atoms with E-state index in [0.717, 1.165) is 10.2 Å². The van der Waals surface area contributed by atoms with Crippen LogP contribution in [0.2, 0.25) is 0 Å². The molecule has 1 aromatic heterocycles. The van der Waals surface area contributed by atoms with Gasteiger partial charge in [-0.25, -0.2) is 25.6 Å². The molecule has 0 saturated heterocycles. The van der Waals surface area contributed by atoms with Gasteiger partial charge in [-0.15, -0.1) is 0 Å². The predicted molar refractivity (Wildman–Crippen MR) is 171 cm³/mol. The van der Waals surface area contributed by atoms with Crippen molar-refractivity contribution in [1.29, 1.82) is 0 Å². The first-order valence-electron chi connectivity index (χ1n) is 13.3. The van der Waals surface area contributed by atoms with E-state index in [1.807, 2.05) is 0 Å². The number of anilines is 3. The van der Waals surface area contributed by atoms with Gasteiger partial charge in [-0.1, -0.05) is 36.4 Å². The quantitative estimate of drug-likeness (QED) is 0.197. The topological polar surface area (TPSA) is 153 Å². The third-order valence-electron chi connectivity index (χ3n) is 5.87. The Bertz CT molecular complexity index is 1920. The van der Waals surface area contributed by atoms with Crippen molar-refractivity contribution in [3.05, 3.63) is 103 Å². The van der Waals surface area contributed by atoms with Crippen LogP contribution in [0.15, 0.2) is 102 Å². The first-order valence-corrected chi connectivity index (χ1v) is 16.6. The van der Waals surface area contributed by atoms with Crippen molar-refractivity contribution in [2.24, 2.45) is 0 Å². The van der Waals surface area contributed by atoms with Crippen molar-refractivity contribution in [3.63, 3.8) is 0 Å². The fourth-order valence-corrected chi connectivity index (χ4v) is 5.78. The van der Waals surface area contributed by atoms with E-state index in [2.05, 4.69) is 15.4 Å². The summed E-state index contributed by atoms with van der Waals surface area (Å²) >= 11 is 0. The van der Waals surface area contributed by atoms with Crippen LogP contribution >= 0.6 is 0 Å². The number of nitrogens with one attached hydrogen (secondary N) is 3. The molecule has 0 atom stereocenters. The Balaban J connectivity index is 1.43. The van der Waals surface area contributed by atoms with Crippen LogP contribution in [-0.2, 0) is 29.6 Å². The zero-order chi connectivity index (χ0) is 32.1. The number of carbonyl (C=O) groups excluding carboxylic acids is 2. The Morgan fingerprint density at radius 3 is 2.11 bits per heavy atom. The average molecular weight is 637 g/mol. The molecule has 1 heterocycles. The molecule has 0 radical (unpaired) electrons. The van der Waals surface area contributed by atoms with Gasteiger partial charge in [0.15, 0.2) is 0 Å². The Morgan fingerprint density at radius 1 is 0.818 bits per heavy atom. The number of hydrogen-bond donors (Lipinski definition) is 3. The highest BCUT2D eigenvalue weighted by atomic mass is 32.2. The fraction of sp³-hybridized carbons (Fsp3) is 0.161. The molecule has 13 heteroatoms. The highest BCUT2D eigenvalue weighted by Crippen LogP contribution is 2.26. The molecule has 3 N–H and O–H groups in total. The van der Waals surface area contributed by atoms with Gasteiger partial charge in [-0.05, 0) is 86.0 Å². The van der Waals surface area contributed by atoms with Gasteiger partial charge in [0, 0.05) is 24.2 Å². The second kappa shape index (κ2) is 12.8. The summed E-state index contributed by atoms with van der Waals surface area (Å²) in [4.78, 5) is 24.8. The summed E-state index contributed by atoms with van der Waals surface area (Å²) in [5.41, 5.74) is 2.29.